The maximum atomic E-state index is 12.7. The van der Waals surface area contributed by atoms with Crippen LogP contribution in [0, 0.1) is 0 Å². The number of aryl methyl sites for hydroxylation is 2. The maximum Gasteiger partial charge on any atom is 0.322 e. The second-order valence-electron chi connectivity index (χ2n) is 5.87. The van der Waals surface area contributed by atoms with E-state index in [4.69, 9.17) is 4.52 Å². The third-order valence-corrected chi connectivity index (χ3v) is 4.42. The van der Waals surface area contributed by atoms with Gasteiger partial charge in [0.25, 0.3) is 0 Å². The Balaban J connectivity index is 1.75. The van der Waals surface area contributed by atoms with Crippen molar-refractivity contribution >= 4 is 11.7 Å². The first-order chi connectivity index (χ1) is 11.2. The molecule has 2 heterocycles. The van der Waals surface area contributed by atoms with Gasteiger partial charge in [0.1, 0.15) is 0 Å². The Labute approximate surface area is 136 Å². The van der Waals surface area contributed by atoms with E-state index in [9.17, 15) is 4.79 Å². The molecule has 1 aromatic heterocycles. The summed E-state index contributed by atoms with van der Waals surface area (Å²) in [7, 11) is 0. The summed E-state index contributed by atoms with van der Waals surface area (Å²) >= 11 is 0. The summed E-state index contributed by atoms with van der Waals surface area (Å²) in [4.78, 5) is 14.5. The van der Waals surface area contributed by atoms with Crippen molar-refractivity contribution < 1.29 is 9.32 Å². The molecule has 122 valence electrons. The van der Waals surface area contributed by atoms with Gasteiger partial charge in [-0.3, -0.25) is 0 Å². The van der Waals surface area contributed by atoms with E-state index in [1.807, 2.05) is 42.2 Å². The summed E-state index contributed by atoms with van der Waals surface area (Å²) in [6, 6.07) is 9.82. The van der Waals surface area contributed by atoms with Crippen LogP contribution in [-0.4, -0.2) is 22.6 Å². The summed E-state index contributed by atoms with van der Waals surface area (Å²) in [6.07, 6.45) is 3.63. The molecule has 1 fully saturated rings. The highest BCUT2D eigenvalue weighted by atomic mass is 16.5. The fraction of sp³-hybridized carbons (Fsp3) is 0.444. The van der Waals surface area contributed by atoms with Gasteiger partial charge in [-0.2, -0.15) is 0 Å². The predicted molar refractivity (Wildman–Crippen MR) is 89.4 cm³/mol. The van der Waals surface area contributed by atoms with Crippen molar-refractivity contribution in [3.63, 3.8) is 0 Å². The van der Waals surface area contributed by atoms with Crippen molar-refractivity contribution in [2.24, 2.45) is 0 Å². The molecule has 0 spiro atoms. The number of amides is 2. The number of aromatic nitrogens is 1. The average Bonchev–Trinajstić information content (AvgIpc) is 3.23. The van der Waals surface area contributed by atoms with E-state index >= 15 is 0 Å². The van der Waals surface area contributed by atoms with E-state index in [-0.39, 0.29) is 12.1 Å². The highest BCUT2D eigenvalue weighted by molar-refractivity contribution is 5.90. The molecule has 1 aliphatic rings. The van der Waals surface area contributed by atoms with Crippen molar-refractivity contribution in [2.45, 2.75) is 45.6 Å². The lowest BCUT2D eigenvalue weighted by Crippen LogP contribution is -2.34. The van der Waals surface area contributed by atoms with Gasteiger partial charge in [-0.25, -0.2) is 4.79 Å². The minimum atomic E-state index is -0.0668. The van der Waals surface area contributed by atoms with Crippen molar-refractivity contribution in [3.8, 4) is 0 Å². The third kappa shape index (κ3) is 3.23. The van der Waals surface area contributed by atoms with E-state index < -0.39 is 0 Å². The molecule has 1 atom stereocenters. The number of para-hydroxylation sites is 1. The van der Waals surface area contributed by atoms with Crippen LogP contribution in [0.4, 0.5) is 10.5 Å². The zero-order chi connectivity index (χ0) is 16.2. The van der Waals surface area contributed by atoms with E-state index in [1.54, 1.807) is 0 Å². The molecular weight excluding hydrogens is 290 g/mol. The lowest BCUT2D eigenvalue weighted by Gasteiger charge is -2.23. The lowest BCUT2D eigenvalue weighted by molar-refractivity contribution is 0.195. The third-order valence-electron chi connectivity index (χ3n) is 4.42. The fourth-order valence-electron chi connectivity index (χ4n) is 3.10. The first-order valence-corrected chi connectivity index (χ1v) is 8.34. The first kappa shape index (κ1) is 15.6. The Morgan fingerprint density at radius 2 is 2.17 bits per heavy atom. The molecule has 0 radical (unpaired) electrons. The number of nitrogens with zero attached hydrogens (tertiary/aromatic N) is 2. The van der Waals surface area contributed by atoms with Crippen LogP contribution in [0.5, 0.6) is 0 Å². The summed E-state index contributed by atoms with van der Waals surface area (Å²) in [5.41, 5.74) is 2.96. The Hall–Kier alpha value is -2.30. The van der Waals surface area contributed by atoms with Crippen LogP contribution in [-0.2, 0) is 12.8 Å². The van der Waals surface area contributed by atoms with Crippen LogP contribution in [0.15, 0.2) is 34.9 Å². The first-order valence-electron chi connectivity index (χ1n) is 8.34. The summed E-state index contributed by atoms with van der Waals surface area (Å²) in [6.45, 7) is 4.87. The fourth-order valence-corrected chi connectivity index (χ4v) is 3.10. The van der Waals surface area contributed by atoms with Gasteiger partial charge in [0.05, 0.1) is 11.7 Å². The van der Waals surface area contributed by atoms with Gasteiger partial charge in [0.15, 0.2) is 5.76 Å². The number of hydrogen-bond acceptors (Lipinski definition) is 3. The zero-order valence-corrected chi connectivity index (χ0v) is 13.7. The second-order valence-corrected chi connectivity index (χ2v) is 5.87. The minimum Gasteiger partial charge on any atom is -0.359 e. The van der Waals surface area contributed by atoms with Crippen molar-refractivity contribution in [1.82, 2.24) is 10.1 Å². The lowest BCUT2D eigenvalue weighted by atomic mass is 10.1. The smallest absolute Gasteiger partial charge is 0.322 e. The van der Waals surface area contributed by atoms with E-state index in [2.05, 4.69) is 17.4 Å². The molecule has 5 heteroatoms. The van der Waals surface area contributed by atoms with Crippen LogP contribution in [0.1, 0.15) is 49.7 Å². The highest BCUT2D eigenvalue weighted by Crippen LogP contribution is 2.33. The van der Waals surface area contributed by atoms with Crippen molar-refractivity contribution in [3.05, 3.63) is 47.3 Å². The number of urea groups is 1. The largest absolute Gasteiger partial charge is 0.359 e. The number of carbonyl (C=O) groups excluding carboxylic acids is 1. The number of benzene rings is 1. The van der Waals surface area contributed by atoms with Gasteiger partial charge >= 0.3 is 6.03 Å². The normalized spacial score (nSPS) is 17.5. The number of rotatable bonds is 4. The van der Waals surface area contributed by atoms with Crippen LogP contribution >= 0.6 is 0 Å². The Bertz CT molecular complexity index is 680. The summed E-state index contributed by atoms with van der Waals surface area (Å²) in [5, 5.41) is 7.10. The molecular formula is C18H23N3O2. The van der Waals surface area contributed by atoms with Gasteiger partial charge in [0.2, 0.25) is 0 Å². The molecule has 0 aliphatic carbocycles. The second kappa shape index (κ2) is 6.86. The summed E-state index contributed by atoms with van der Waals surface area (Å²) < 4.78 is 5.44. The molecule has 1 saturated heterocycles. The van der Waals surface area contributed by atoms with Crippen molar-refractivity contribution in [1.29, 1.82) is 0 Å². The molecule has 23 heavy (non-hydrogen) atoms. The standard InChI is InChI=1S/C18H23N3O2/c1-3-13-8-5-6-9-15(13)19-18(22)21-11-7-10-16(21)17-12-14(4-2)20-23-17/h5-6,8-9,12,16H,3-4,7,10-11H2,1-2H3,(H,19,22)/t16-/m1/s1. The predicted octanol–water partition coefficient (Wildman–Crippen LogP) is 4.17. The molecule has 1 N–H and O–H groups in total. The molecule has 3 rings (SSSR count). The molecule has 2 aromatic rings. The zero-order valence-electron chi connectivity index (χ0n) is 13.7. The Morgan fingerprint density at radius 3 is 2.91 bits per heavy atom. The number of likely N-dealkylation sites (tertiary alicyclic amines) is 1. The average molecular weight is 313 g/mol. The SMILES string of the molecule is CCc1cc([C@H]2CCCN2C(=O)Nc2ccccc2CC)on1. The Kier molecular flexibility index (Phi) is 4.65. The molecule has 1 aromatic carbocycles. The molecule has 0 unspecified atom stereocenters. The molecule has 0 bridgehead atoms. The number of carbonyl (C=O) groups is 1. The van der Waals surface area contributed by atoms with E-state index in [0.29, 0.717) is 0 Å². The van der Waals surface area contributed by atoms with E-state index in [0.717, 1.165) is 54.9 Å². The van der Waals surface area contributed by atoms with Crippen LogP contribution < -0.4 is 5.32 Å². The molecule has 0 saturated carbocycles. The topological polar surface area (TPSA) is 58.4 Å². The van der Waals surface area contributed by atoms with Crippen LogP contribution in [0.3, 0.4) is 0 Å². The van der Waals surface area contributed by atoms with Crippen LogP contribution in [0.2, 0.25) is 0 Å². The van der Waals surface area contributed by atoms with Gasteiger partial charge in [-0.15, -0.1) is 0 Å². The van der Waals surface area contributed by atoms with Crippen LogP contribution in [0.25, 0.3) is 0 Å². The maximum absolute atomic E-state index is 12.7. The highest BCUT2D eigenvalue weighted by Gasteiger charge is 2.33. The van der Waals surface area contributed by atoms with Gasteiger partial charge in [-0.1, -0.05) is 37.2 Å². The molecule has 2 amide bonds. The number of anilines is 1. The van der Waals surface area contributed by atoms with Gasteiger partial charge in [0, 0.05) is 18.3 Å². The van der Waals surface area contributed by atoms with E-state index in [1.165, 1.54) is 0 Å². The Morgan fingerprint density at radius 1 is 1.35 bits per heavy atom. The number of hydrogen-bond donors (Lipinski definition) is 1. The number of nitrogens with one attached hydrogen (secondary N) is 1. The molecule has 1 aliphatic heterocycles. The monoisotopic (exact) mass is 313 g/mol. The van der Waals surface area contributed by atoms with Crippen molar-refractivity contribution in [2.75, 3.05) is 11.9 Å². The quantitative estimate of drug-likeness (QED) is 0.921. The van der Waals surface area contributed by atoms with Gasteiger partial charge in [-0.05, 0) is 37.3 Å². The minimum absolute atomic E-state index is 0.0170. The van der Waals surface area contributed by atoms with Gasteiger partial charge < -0.3 is 14.7 Å². The molecule has 5 nitrogen and oxygen atoms in total. The summed E-state index contributed by atoms with van der Waals surface area (Å²) in [5.74, 6) is 0.790.